The van der Waals surface area contributed by atoms with E-state index in [-0.39, 0.29) is 17.3 Å². The summed E-state index contributed by atoms with van der Waals surface area (Å²) >= 11 is 5.63. The summed E-state index contributed by atoms with van der Waals surface area (Å²) < 4.78 is 39.4. The molecule has 0 spiro atoms. The van der Waals surface area contributed by atoms with E-state index < -0.39 is 15.8 Å². The average Bonchev–Trinajstić information content (AvgIpc) is 2.89. The molecule has 2 aromatic rings. The molecule has 0 radical (unpaired) electrons. The minimum atomic E-state index is -3.54. The van der Waals surface area contributed by atoms with Gasteiger partial charge in [0.15, 0.2) is 0 Å². The summed E-state index contributed by atoms with van der Waals surface area (Å²) in [5.41, 5.74) is 1.98. The predicted octanol–water partition coefficient (Wildman–Crippen LogP) is 2.38. The molecule has 0 aliphatic rings. The molecule has 21 heavy (non-hydrogen) atoms. The van der Waals surface area contributed by atoms with E-state index in [4.69, 9.17) is 11.6 Å². The molecule has 5 nitrogen and oxygen atoms in total. The highest BCUT2D eigenvalue weighted by Gasteiger charge is 2.13. The van der Waals surface area contributed by atoms with Crippen molar-refractivity contribution in [2.75, 3.05) is 0 Å². The zero-order valence-corrected chi connectivity index (χ0v) is 12.9. The Morgan fingerprint density at radius 2 is 2.14 bits per heavy atom. The molecule has 1 heterocycles. The van der Waals surface area contributed by atoms with Crippen molar-refractivity contribution in [2.24, 2.45) is 0 Å². The normalized spacial score (nSPS) is 11.8. The van der Waals surface area contributed by atoms with Gasteiger partial charge in [0, 0.05) is 0 Å². The van der Waals surface area contributed by atoms with Crippen molar-refractivity contribution in [3.8, 4) is 0 Å². The van der Waals surface area contributed by atoms with Crippen molar-refractivity contribution < 1.29 is 12.8 Å². The smallest absolute Gasteiger partial charge is 0.216 e. The van der Waals surface area contributed by atoms with Crippen LogP contribution in [0.4, 0.5) is 4.39 Å². The number of H-pyrrole nitrogens is 1. The van der Waals surface area contributed by atoms with Crippen LogP contribution in [0.1, 0.15) is 23.9 Å². The number of sulfonamides is 1. The largest absolute Gasteiger partial charge is 0.281 e. The third-order valence-electron chi connectivity index (χ3n) is 2.87. The summed E-state index contributed by atoms with van der Waals surface area (Å²) in [5.74, 6) is -0.836. The van der Waals surface area contributed by atoms with Gasteiger partial charge >= 0.3 is 0 Å². The number of hydrogen-bond acceptors (Lipinski definition) is 3. The summed E-state index contributed by atoms with van der Waals surface area (Å²) in [6.45, 7) is 2.09. The molecule has 114 valence electrons. The van der Waals surface area contributed by atoms with E-state index >= 15 is 0 Å². The Labute approximate surface area is 127 Å². The number of halogens is 2. The van der Waals surface area contributed by atoms with E-state index in [2.05, 4.69) is 14.9 Å². The van der Waals surface area contributed by atoms with Gasteiger partial charge < -0.3 is 0 Å². The number of benzene rings is 1. The molecule has 0 saturated carbocycles. The second-order valence-corrected chi connectivity index (χ2v) is 6.78. The number of nitrogens with one attached hydrogen (secondary N) is 2. The topological polar surface area (TPSA) is 74.8 Å². The minimum Gasteiger partial charge on any atom is -0.281 e. The highest BCUT2D eigenvalue weighted by Crippen LogP contribution is 2.17. The molecule has 1 aromatic heterocycles. The number of rotatable bonds is 6. The van der Waals surface area contributed by atoms with Gasteiger partial charge in [-0.1, -0.05) is 24.6 Å². The van der Waals surface area contributed by atoms with E-state index in [1.165, 1.54) is 12.1 Å². The van der Waals surface area contributed by atoms with Crippen molar-refractivity contribution in [1.29, 1.82) is 0 Å². The summed E-state index contributed by atoms with van der Waals surface area (Å²) in [4.78, 5) is 0. The first-order valence-electron chi connectivity index (χ1n) is 6.34. The summed E-state index contributed by atoms with van der Waals surface area (Å²) in [5, 5.41) is 6.69. The molecule has 8 heteroatoms. The molecular weight excluding hydrogens is 317 g/mol. The quantitative estimate of drug-likeness (QED) is 0.853. The van der Waals surface area contributed by atoms with Gasteiger partial charge in [-0.05, 0) is 30.2 Å². The highest BCUT2D eigenvalue weighted by atomic mass is 35.5. The molecule has 1 aromatic carbocycles. The Morgan fingerprint density at radius 3 is 2.76 bits per heavy atom. The van der Waals surface area contributed by atoms with Gasteiger partial charge in [-0.25, -0.2) is 17.5 Å². The van der Waals surface area contributed by atoms with Crippen molar-refractivity contribution in [3.63, 3.8) is 0 Å². The molecule has 0 atom stereocenters. The first-order chi connectivity index (χ1) is 9.89. The van der Waals surface area contributed by atoms with Gasteiger partial charge in [0.25, 0.3) is 0 Å². The van der Waals surface area contributed by atoms with Crippen LogP contribution < -0.4 is 4.72 Å². The number of hydrogen-bond donors (Lipinski definition) is 2. The average molecular weight is 332 g/mol. The molecule has 0 bridgehead atoms. The van der Waals surface area contributed by atoms with E-state index in [0.717, 1.165) is 18.2 Å². The Morgan fingerprint density at radius 1 is 1.38 bits per heavy atom. The van der Waals surface area contributed by atoms with Crippen LogP contribution in [-0.2, 0) is 28.7 Å². The molecule has 0 saturated heterocycles. The van der Waals surface area contributed by atoms with E-state index in [1.807, 2.05) is 6.92 Å². The number of aromatic nitrogens is 2. The van der Waals surface area contributed by atoms with Crippen LogP contribution in [0, 0.1) is 5.82 Å². The van der Waals surface area contributed by atoms with Gasteiger partial charge in [-0.15, -0.1) is 0 Å². The Hall–Kier alpha value is -1.44. The van der Waals surface area contributed by atoms with Gasteiger partial charge in [0.05, 0.1) is 28.7 Å². The van der Waals surface area contributed by atoms with E-state index in [9.17, 15) is 12.8 Å². The minimum absolute atomic E-state index is 0.0937. The highest BCUT2D eigenvalue weighted by molar-refractivity contribution is 7.88. The number of nitrogens with zero attached hydrogens (tertiary/aromatic N) is 1. The maximum atomic E-state index is 13.0. The van der Waals surface area contributed by atoms with E-state index in [1.54, 1.807) is 6.07 Å². The molecular formula is C13H15ClFN3O2S. The maximum Gasteiger partial charge on any atom is 0.216 e. The lowest BCUT2D eigenvalue weighted by Gasteiger charge is -2.06. The monoisotopic (exact) mass is 331 g/mol. The molecule has 0 unspecified atom stereocenters. The standard InChI is InChI=1S/C13H15ClFN3O2S/c1-2-10-6-11(18-17-10)7-16-21(19,20)8-9-3-4-13(15)12(14)5-9/h3-6,16H,2,7-8H2,1H3,(H,17,18). The van der Waals surface area contributed by atoms with Crippen LogP contribution >= 0.6 is 11.6 Å². The zero-order chi connectivity index (χ0) is 15.5. The predicted molar refractivity (Wildman–Crippen MR) is 78.8 cm³/mol. The number of aromatic amines is 1. The molecule has 0 amide bonds. The van der Waals surface area contributed by atoms with Crippen LogP contribution in [0.15, 0.2) is 24.3 Å². The molecule has 0 aliphatic heterocycles. The lowest BCUT2D eigenvalue weighted by atomic mass is 10.2. The zero-order valence-electron chi connectivity index (χ0n) is 11.4. The van der Waals surface area contributed by atoms with Crippen molar-refractivity contribution in [1.82, 2.24) is 14.9 Å². The first kappa shape index (κ1) is 15.9. The van der Waals surface area contributed by atoms with Gasteiger partial charge in [0.2, 0.25) is 10.0 Å². The second kappa shape index (κ2) is 6.55. The third kappa shape index (κ3) is 4.52. The van der Waals surface area contributed by atoms with Crippen LogP contribution in [-0.4, -0.2) is 18.6 Å². The molecule has 2 rings (SSSR count). The Kier molecular flexibility index (Phi) is 4.97. The third-order valence-corrected chi connectivity index (χ3v) is 4.46. The lowest BCUT2D eigenvalue weighted by Crippen LogP contribution is -2.24. The summed E-state index contributed by atoms with van der Waals surface area (Å²) in [6, 6.07) is 5.65. The first-order valence-corrected chi connectivity index (χ1v) is 8.37. The molecule has 2 N–H and O–H groups in total. The van der Waals surface area contributed by atoms with Crippen LogP contribution in [0.3, 0.4) is 0 Å². The van der Waals surface area contributed by atoms with Gasteiger partial charge in [-0.3, -0.25) is 5.10 Å². The fraction of sp³-hybridized carbons (Fsp3) is 0.308. The lowest BCUT2D eigenvalue weighted by molar-refractivity contribution is 0.579. The van der Waals surface area contributed by atoms with Crippen LogP contribution in [0.5, 0.6) is 0 Å². The summed E-state index contributed by atoms with van der Waals surface area (Å²) in [6.07, 6.45) is 0.775. The van der Waals surface area contributed by atoms with Gasteiger partial charge in [-0.2, -0.15) is 5.10 Å². The summed E-state index contributed by atoms with van der Waals surface area (Å²) in [7, 11) is -3.54. The second-order valence-electron chi connectivity index (χ2n) is 4.57. The van der Waals surface area contributed by atoms with Crippen LogP contribution in [0.25, 0.3) is 0 Å². The van der Waals surface area contributed by atoms with Crippen LogP contribution in [0.2, 0.25) is 5.02 Å². The van der Waals surface area contributed by atoms with Crippen molar-refractivity contribution in [2.45, 2.75) is 25.6 Å². The van der Waals surface area contributed by atoms with Crippen molar-refractivity contribution >= 4 is 21.6 Å². The maximum absolute atomic E-state index is 13.0. The van der Waals surface area contributed by atoms with Crippen molar-refractivity contribution in [3.05, 3.63) is 52.1 Å². The Balaban J connectivity index is 1.99. The van der Waals surface area contributed by atoms with Gasteiger partial charge in [0.1, 0.15) is 5.82 Å². The van der Waals surface area contributed by atoms with E-state index in [0.29, 0.717) is 11.3 Å². The fourth-order valence-corrected chi connectivity index (χ4v) is 3.07. The molecule has 0 aliphatic carbocycles. The fourth-order valence-electron chi connectivity index (χ4n) is 1.77. The number of aryl methyl sites for hydroxylation is 1. The Bertz CT molecular complexity index is 731. The molecule has 0 fully saturated rings. The SMILES string of the molecule is CCc1cc(CNS(=O)(=O)Cc2ccc(F)c(Cl)c2)[nH]n1.